The van der Waals surface area contributed by atoms with Gasteiger partial charge in [-0.25, -0.2) is 13.9 Å². The lowest BCUT2D eigenvalue weighted by atomic mass is 9.56. The van der Waals surface area contributed by atoms with Crippen molar-refractivity contribution >= 4 is 15.9 Å². The molecule has 6 heteroatoms. The summed E-state index contributed by atoms with van der Waals surface area (Å²) in [5, 5.41) is 16.1. The minimum atomic E-state index is -0.349. The Morgan fingerprint density at radius 2 is 1.91 bits per heavy atom. The van der Waals surface area contributed by atoms with Crippen LogP contribution in [0, 0.1) is 24.2 Å². The fraction of sp³-hybridized carbons (Fsp3) is 0.357. The molecule has 5 rings (SSSR count). The maximum atomic E-state index is 13.7. The van der Waals surface area contributed by atoms with E-state index in [4.69, 9.17) is 11.7 Å². The minimum absolute atomic E-state index is 0.0245. The van der Waals surface area contributed by atoms with Gasteiger partial charge in [0.05, 0.1) is 29.4 Å². The Bertz CT molecular complexity index is 1300. The van der Waals surface area contributed by atoms with Crippen molar-refractivity contribution in [1.29, 1.82) is 0 Å². The molecule has 0 bridgehead atoms. The first kappa shape index (κ1) is 22.9. The van der Waals surface area contributed by atoms with Crippen LogP contribution in [0.5, 0.6) is 0 Å². The van der Waals surface area contributed by atoms with Crippen molar-refractivity contribution < 1.29 is 9.50 Å². The lowest BCUT2D eigenvalue weighted by molar-refractivity contribution is 0.116. The quantitative estimate of drug-likeness (QED) is 0.357. The predicted octanol–water partition coefficient (Wildman–Crippen LogP) is 7.77. The minimum Gasteiger partial charge on any atom is -0.523 e. The van der Waals surface area contributed by atoms with Gasteiger partial charge >= 0.3 is 0 Å². The monoisotopic (exact) mass is 519 g/mol. The fourth-order valence-corrected chi connectivity index (χ4v) is 6.39. The average Bonchev–Trinajstić information content (AvgIpc) is 3.23. The molecule has 0 saturated heterocycles. The number of rotatable bonds is 4. The van der Waals surface area contributed by atoms with Crippen molar-refractivity contribution in [2.24, 2.45) is 11.8 Å². The summed E-state index contributed by atoms with van der Waals surface area (Å²) in [5.74, 6) is 0.214. The maximum absolute atomic E-state index is 13.7. The third-order valence-electron chi connectivity index (χ3n) is 7.64. The van der Waals surface area contributed by atoms with Crippen LogP contribution in [0.15, 0.2) is 64.5 Å². The maximum Gasteiger partial charge on any atom is 0.203 e. The predicted molar refractivity (Wildman–Crippen MR) is 135 cm³/mol. The molecule has 0 unspecified atom stereocenters. The molecule has 2 aromatic carbocycles. The second-order valence-corrected chi connectivity index (χ2v) is 10.6. The Balaban J connectivity index is 1.76. The summed E-state index contributed by atoms with van der Waals surface area (Å²) >= 11 is 3.52. The summed E-state index contributed by atoms with van der Waals surface area (Å²) in [6.45, 7) is 12.1. The second-order valence-electron chi connectivity index (χ2n) is 9.65. The first-order valence-electron chi connectivity index (χ1n) is 11.8. The number of halogens is 2. The molecule has 34 heavy (non-hydrogen) atoms. The number of nitrogens with zero attached hydrogens (tertiary/aromatic N) is 3. The van der Waals surface area contributed by atoms with Gasteiger partial charge in [0.25, 0.3) is 0 Å². The summed E-state index contributed by atoms with van der Waals surface area (Å²) in [6.07, 6.45) is 4.05. The molecule has 0 amide bonds. The third kappa shape index (κ3) is 3.58. The van der Waals surface area contributed by atoms with Crippen molar-refractivity contribution in [2.75, 3.05) is 0 Å². The fourth-order valence-electron chi connectivity index (χ4n) is 6.13. The molecule has 0 radical (unpaired) electrons. The zero-order valence-corrected chi connectivity index (χ0v) is 20.9. The summed E-state index contributed by atoms with van der Waals surface area (Å²) in [6, 6.07) is 14.6. The van der Waals surface area contributed by atoms with Crippen molar-refractivity contribution in [3.63, 3.8) is 0 Å². The van der Waals surface area contributed by atoms with Crippen LogP contribution in [0.2, 0.25) is 0 Å². The van der Waals surface area contributed by atoms with Gasteiger partial charge in [-0.05, 0) is 80.1 Å². The number of fused-ring (bicyclic) bond motifs is 3. The van der Waals surface area contributed by atoms with E-state index in [-0.39, 0.29) is 28.8 Å². The van der Waals surface area contributed by atoms with Crippen molar-refractivity contribution in [1.82, 2.24) is 9.78 Å². The van der Waals surface area contributed by atoms with Gasteiger partial charge in [0.15, 0.2) is 0 Å². The Labute approximate surface area is 208 Å². The highest BCUT2D eigenvalue weighted by Crippen LogP contribution is 2.56. The molecular weight excluding hydrogens is 493 g/mol. The van der Waals surface area contributed by atoms with E-state index in [1.807, 2.05) is 28.9 Å². The third-order valence-corrected chi connectivity index (χ3v) is 8.17. The van der Waals surface area contributed by atoms with E-state index in [2.05, 4.69) is 34.6 Å². The number of benzene rings is 2. The van der Waals surface area contributed by atoms with Crippen molar-refractivity contribution in [2.45, 2.75) is 51.4 Å². The molecule has 1 aromatic heterocycles. The van der Waals surface area contributed by atoms with Crippen LogP contribution in [0.4, 0.5) is 4.39 Å². The number of aliphatic hydroxyl groups excluding tert-OH is 1. The molecular formula is C28H27BrFN3O. The van der Waals surface area contributed by atoms with Gasteiger partial charge in [-0.3, -0.25) is 0 Å². The highest BCUT2D eigenvalue weighted by Gasteiger charge is 2.52. The van der Waals surface area contributed by atoms with E-state index < -0.39 is 0 Å². The van der Waals surface area contributed by atoms with Gasteiger partial charge in [-0.2, -0.15) is 5.10 Å². The van der Waals surface area contributed by atoms with Crippen molar-refractivity contribution in [3.8, 4) is 16.9 Å². The molecule has 0 fully saturated rings. The molecule has 2 aliphatic carbocycles. The second kappa shape index (κ2) is 8.70. The average molecular weight is 520 g/mol. The zero-order chi connectivity index (χ0) is 24.0. The van der Waals surface area contributed by atoms with E-state index in [1.54, 1.807) is 12.1 Å². The van der Waals surface area contributed by atoms with Gasteiger partial charge in [-0.15, -0.1) is 0 Å². The van der Waals surface area contributed by atoms with Crippen LogP contribution in [0.3, 0.4) is 0 Å². The molecule has 0 saturated carbocycles. The summed E-state index contributed by atoms with van der Waals surface area (Å²) in [5.41, 5.74) is 5.10. The molecule has 3 aromatic rings. The SMILES string of the molecule is [C-]#[N+]C1=C(O)[C@H](CCC)[C@H]2CCc3c(-c4ccc(F)cc4)nn(-c4ccc(Br)cc4)c3[C@]2(C)C1. The van der Waals surface area contributed by atoms with Gasteiger partial charge < -0.3 is 5.11 Å². The molecule has 2 aliphatic rings. The van der Waals surface area contributed by atoms with Crippen molar-refractivity contribution in [3.05, 3.63) is 93.0 Å². The number of allylic oxidation sites excluding steroid dienone is 2. The van der Waals surface area contributed by atoms with Crippen LogP contribution < -0.4 is 0 Å². The largest absolute Gasteiger partial charge is 0.523 e. The Morgan fingerprint density at radius 1 is 1.21 bits per heavy atom. The molecule has 174 valence electrons. The summed E-state index contributed by atoms with van der Waals surface area (Å²) in [4.78, 5) is 3.76. The molecule has 1 heterocycles. The highest BCUT2D eigenvalue weighted by molar-refractivity contribution is 9.10. The van der Waals surface area contributed by atoms with Gasteiger partial charge in [0.2, 0.25) is 5.70 Å². The van der Waals surface area contributed by atoms with E-state index in [1.165, 1.54) is 12.1 Å². The van der Waals surface area contributed by atoms with Crippen LogP contribution in [0.25, 0.3) is 21.8 Å². The molecule has 1 N–H and O–H groups in total. The lowest BCUT2D eigenvalue weighted by Gasteiger charge is -2.49. The Hall–Kier alpha value is -2.91. The van der Waals surface area contributed by atoms with Crippen LogP contribution in [-0.4, -0.2) is 14.9 Å². The van der Waals surface area contributed by atoms with Gasteiger partial charge in [0, 0.05) is 26.9 Å². The Kier molecular flexibility index (Phi) is 5.85. The smallest absolute Gasteiger partial charge is 0.203 e. The number of hydrogen-bond acceptors (Lipinski definition) is 2. The van der Waals surface area contributed by atoms with Crippen LogP contribution in [-0.2, 0) is 11.8 Å². The summed E-state index contributed by atoms with van der Waals surface area (Å²) in [7, 11) is 0. The number of aliphatic hydroxyl groups is 1. The highest BCUT2D eigenvalue weighted by atomic mass is 79.9. The van der Waals surface area contributed by atoms with Crippen LogP contribution >= 0.6 is 15.9 Å². The molecule has 3 atom stereocenters. The van der Waals surface area contributed by atoms with Gasteiger partial charge in [-0.1, -0.05) is 36.2 Å². The van der Waals surface area contributed by atoms with E-state index in [9.17, 15) is 9.50 Å². The number of hydrogen-bond donors (Lipinski definition) is 1. The molecule has 0 spiro atoms. The van der Waals surface area contributed by atoms with E-state index in [0.29, 0.717) is 12.1 Å². The lowest BCUT2D eigenvalue weighted by Crippen LogP contribution is -2.46. The molecule has 4 nitrogen and oxygen atoms in total. The number of aromatic nitrogens is 2. The first-order chi connectivity index (χ1) is 16.4. The van der Waals surface area contributed by atoms with Crippen LogP contribution in [0.1, 0.15) is 50.8 Å². The topological polar surface area (TPSA) is 42.4 Å². The zero-order valence-electron chi connectivity index (χ0n) is 19.4. The standard InChI is InChI=1S/C28H27BrFN3O/c1-4-5-21-23-15-14-22-25(17-6-10-19(30)11-7-17)32-33(20-12-8-18(29)9-13-20)27(22)28(23,2)16-24(31-3)26(21)34/h6-13,21,23,34H,4-5,14-16H2,1-2H3/t21-,23-,28-/m1/s1. The van der Waals surface area contributed by atoms with E-state index in [0.717, 1.165) is 58.4 Å². The summed E-state index contributed by atoms with van der Waals surface area (Å²) < 4.78 is 16.7. The van der Waals surface area contributed by atoms with E-state index >= 15 is 0 Å². The molecule has 0 aliphatic heterocycles. The Morgan fingerprint density at radius 3 is 2.56 bits per heavy atom. The van der Waals surface area contributed by atoms with Gasteiger partial charge in [0.1, 0.15) is 5.82 Å². The normalized spacial score (nSPS) is 23.9. The first-order valence-corrected chi connectivity index (χ1v) is 12.6.